The van der Waals surface area contributed by atoms with E-state index in [1.54, 1.807) is 21.3 Å². The summed E-state index contributed by atoms with van der Waals surface area (Å²) >= 11 is 0. The van der Waals surface area contributed by atoms with Gasteiger partial charge in [-0.1, -0.05) is 6.42 Å². The summed E-state index contributed by atoms with van der Waals surface area (Å²) in [4.78, 5) is 7.34. The molecule has 172 valence electrons. The van der Waals surface area contributed by atoms with Gasteiger partial charge < -0.3 is 24.8 Å². The Kier molecular flexibility index (Phi) is 11.6. The van der Waals surface area contributed by atoms with Crippen molar-refractivity contribution in [2.75, 3.05) is 47.5 Å². The zero-order chi connectivity index (χ0) is 21.3. The van der Waals surface area contributed by atoms with Crippen LogP contribution in [0.4, 0.5) is 0 Å². The number of piperidine rings is 1. The van der Waals surface area contributed by atoms with Crippen LogP contribution in [0, 0.1) is 0 Å². The van der Waals surface area contributed by atoms with Crippen LogP contribution >= 0.6 is 24.0 Å². The SMILES string of the molecule is CCNC(=NCc1cc(OC)c(OC)cc1OC)NCC(C)(C)N1CCCCC1.I. The summed E-state index contributed by atoms with van der Waals surface area (Å²) in [7, 11) is 4.90. The van der Waals surface area contributed by atoms with Crippen LogP contribution in [0.15, 0.2) is 17.1 Å². The fourth-order valence-corrected chi connectivity index (χ4v) is 3.63. The van der Waals surface area contributed by atoms with Crippen molar-refractivity contribution in [3.8, 4) is 17.2 Å². The van der Waals surface area contributed by atoms with E-state index in [1.165, 1.54) is 32.4 Å². The number of nitrogens with one attached hydrogen (secondary N) is 2. The smallest absolute Gasteiger partial charge is 0.191 e. The first kappa shape index (κ1) is 26.6. The molecule has 1 aliphatic heterocycles. The molecule has 0 aliphatic carbocycles. The van der Waals surface area contributed by atoms with E-state index in [9.17, 15) is 0 Å². The maximum absolute atomic E-state index is 5.52. The molecule has 0 atom stereocenters. The van der Waals surface area contributed by atoms with Gasteiger partial charge in [0.1, 0.15) is 5.75 Å². The summed E-state index contributed by atoms with van der Waals surface area (Å²) in [5, 5.41) is 6.86. The summed E-state index contributed by atoms with van der Waals surface area (Å²) in [6, 6.07) is 3.76. The number of ether oxygens (including phenoxy) is 3. The van der Waals surface area contributed by atoms with E-state index < -0.39 is 0 Å². The van der Waals surface area contributed by atoms with Gasteiger partial charge in [-0.3, -0.25) is 4.90 Å². The molecule has 0 saturated carbocycles. The monoisotopic (exact) mass is 534 g/mol. The summed E-state index contributed by atoms with van der Waals surface area (Å²) < 4.78 is 16.3. The lowest BCUT2D eigenvalue weighted by molar-refractivity contribution is 0.0982. The number of guanidine groups is 1. The standard InChI is InChI=1S/C22H38N4O3.HI/c1-7-23-21(25-16-22(2,3)26-11-9-8-10-12-26)24-15-17-13-19(28-5)20(29-6)14-18(17)27-4;/h13-14H,7-12,15-16H2,1-6H3,(H2,23,24,25);1H. The highest BCUT2D eigenvalue weighted by molar-refractivity contribution is 14.0. The van der Waals surface area contributed by atoms with Crippen LogP contribution in [0.2, 0.25) is 0 Å². The first-order chi connectivity index (χ1) is 13.9. The zero-order valence-corrected chi connectivity index (χ0v) is 21.7. The molecule has 30 heavy (non-hydrogen) atoms. The van der Waals surface area contributed by atoms with Crippen LogP contribution in [0.3, 0.4) is 0 Å². The number of rotatable bonds is 9. The molecule has 1 fully saturated rings. The van der Waals surface area contributed by atoms with Crippen LogP contribution < -0.4 is 24.8 Å². The Hall–Kier alpha value is -1.42. The fourth-order valence-electron chi connectivity index (χ4n) is 3.63. The number of nitrogens with zero attached hydrogens (tertiary/aromatic N) is 2. The molecule has 1 heterocycles. The Bertz CT molecular complexity index is 677. The first-order valence-electron chi connectivity index (χ1n) is 10.5. The van der Waals surface area contributed by atoms with Gasteiger partial charge in [0.25, 0.3) is 0 Å². The van der Waals surface area contributed by atoms with Crippen LogP contribution in [0.5, 0.6) is 17.2 Å². The zero-order valence-electron chi connectivity index (χ0n) is 19.3. The highest BCUT2D eigenvalue weighted by Crippen LogP contribution is 2.34. The average Bonchev–Trinajstić information content (AvgIpc) is 2.75. The van der Waals surface area contributed by atoms with Crippen molar-refractivity contribution >= 4 is 29.9 Å². The number of benzene rings is 1. The van der Waals surface area contributed by atoms with Gasteiger partial charge in [0.2, 0.25) is 0 Å². The van der Waals surface area contributed by atoms with E-state index in [2.05, 4.69) is 36.3 Å². The molecule has 0 radical (unpaired) electrons. The Balaban J connectivity index is 0.00000450. The molecule has 2 N–H and O–H groups in total. The van der Waals surface area contributed by atoms with E-state index in [-0.39, 0.29) is 29.5 Å². The van der Waals surface area contributed by atoms with Crippen molar-refractivity contribution in [1.82, 2.24) is 15.5 Å². The van der Waals surface area contributed by atoms with Crippen molar-refractivity contribution < 1.29 is 14.2 Å². The third-order valence-electron chi connectivity index (χ3n) is 5.44. The normalized spacial score (nSPS) is 15.2. The number of likely N-dealkylation sites (tertiary alicyclic amines) is 1. The molecule has 0 spiro atoms. The number of halogens is 1. The van der Waals surface area contributed by atoms with E-state index in [0.717, 1.165) is 30.4 Å². The molecule has 8 heteroatoms. The Morgan fingerprint density at radius 1 is 0.967 bits per heavy atom. The largest absolute Gasteiger partial charge is 0.496 e. The quantitative estimate of drug-likeness (QED) is 0.287. The van der Waals surface area contributed by atoms with Gasteiger partial charge in [0, 0.05) is 30.3 Å². The molecule has 1 saturated heterocycles. The van der Waals surface area contributed by atoms with E-state index in [4.69, 9.17) is 19.2 Å². The number of aliphatic imine (C=N–C) groups is 1. The van der Waals surface area contributed by atoms with Gasteiger partial charge in [0.15, 0.2) is 17.5 Å². The van der Waals surface area contributed by atoms with Gasteiger partial charge in [-0.15, -0.1) is 24.0 Å². The van der Waals surface area contributed by atoms with Crippen molar-refractivity contribution in [3.05, 3.63) is 17.7 Å². The Labute approximate surface area is 199 Å². The minimum Gasteiger partial charge on any atom is -0.496 e. The van der Waals surface area contributed by atoms with Crippen LogP contribution in [-0.4, -0.2) is 63.9 Å². The molecule has 2 rings (SSSR count). The highest BCUT2D eigenvalue weighted by atomic mass is 127. The minimum absolute atomic E-state index is 0. The molecule has 0 unspecified atom stereocenters. The molecular weight excluding hydrogens is 495 g/mol. The van der Waals surface area contributed by atoms with Crippen molar-refractivity contribution in [1.29, 1.82) is 0 Å². The molecule has 1 aromatic carbocycles. The Morgan fingerprint density at radius 2 is 1.57 bits per heavy atom. The van der Waals surface area contributed by atoms with Gasteiger partial charge in [0.05, 0.1) is 27.9 Å². The number of methoxy groups -OCH3 is 3. The topological polar surface area (TPSA) is 67.4 Å². The van der Waals surface area contributed by atoms with E-state index in [0.29, 0.717) is 18.0 Å². The number of hydrogen-bond donors (Lipinski definition) is 2. The minimum atomic E-state index is 0. The fraction of sp³-hybridized carbons (Fsp3) is 0.682. The van der Waals surface area contributed by atoms with E-state index in [1.807, 2.05) is 12.1 Å². The lowest BCUT2D eigenvalue weighted by Gasteiger charge is -2.41. The maximum Gasteiger partial charge on any atom is 0.191 e. The first-order valence-corrected chi connectivity index (χ1v) is 10.5. The molecule has 0 aromatic heterocycles. The highest BCUT2D eigenvalue weighted by Gasteiger charge is 2.27. The summed E-state index contributed by atoms with van der Waals surface area (Å²) in [6.07, 6.45) is 3.92. The predicted octanol–water partition coefficient (Wildman–Crippen LogP) is 3.65. The molecule has 1 aromatic rings. The molecule has 1 aliphatic rings. The second-order valence-electron chi connectivity index (χ2n) is 7.93. The third kappa shape index (κ3) is 7.37. The predicted molar refractivity (Wildman–Crippen MR) is 134 cm³/mol. The molecule has 0 bridgehead atoms. The van der Waals surface area contributed by atoms with Gasteiger partial charge in [-0.2, -0.15) is 0 Å². The molecule has 0 amide bonds. The van der Waals surface area contributed by atoms with Crippen molar-refractivity contribution in [3.63, 3.8) is 0 Å². The van der Waals surface area contributed by atoms with Crippen LogP contribution in [0.1, 0.15) is 45.6 Å². The van der Waals surface area contributed by atoms with Crippen LogP contribution in [-0.2, 0) is 6.54 Å². The van der Waals surface area contributed by atoms with E-state index >= 15 is 0 Å². The number of hydrogen-bond acceptors (Lipinski definition) is 5. The summed E-state index contributed by atoms with van der Waals surface area (Å²) in [5.74, 6) is 2.85. The summed E-state index contributed by atoms with van der Waals surface area (Å²) in [6.45, 7) is 11.1. The van der Waals surface area contributed by atoms with Crippen LogP contribution in [0.25, 0.3) is 0 Å². The summed E-state index contributed by atoms with van der Waals surface area (Å²) in [5.41, 5.74) is 1.02. The second kappa shape index (κ2) is 13.1. The van der Waals surface area contributed by atoms with Gasteiger partial charge in [-0.05, 0) is 52.8 Å². The molecule has 7 nitrogen and oxygen atoms in total. The van der Waals surface area contributed by atoms with Crippen molar-refractivity contribution in [2.45, 2.75) is 52.1 Å². The van der Waals surface area contributed by atoms with Gasteiger partial charge >= 0.3 is 0 Å². The lowest BCUT2D eigenvalue weighted by atomic mass is 9.98. The van der Waals surface area contributed by atoms with Gasteiger partial charge in [-0.25, -0.2) is 4.99 Å². The lowest BCUT2D eigenvalue weighted by Crippen LogP contribution is -2.54. The molecular formula is C22H39IN4O3. The van der Waals surface area contributed by atoms with Crippen molar-refractivity contribution in [2.24, 2.45) is 4.99 Å². The average molecular weight is 534 g/mol. The Morgan fingerprint density at radius 3 is 2.13 bits per heavy atom. The maximum atomic E-state index is 5.52. The second-order valence-corrected chi connectivity index (χ2v) is 7.93. The third-order valence-corrected chi connectivity index (χ3v) is 5.44.